The summed E-state index contributed by atoms with van der Waals surface area (Å²) in [5.74, 6) is 0.813. The van der Waals surface area contributed by atoms with E-state index in [1.165, 1.54) is 12.8 Å². The molecular formula is C25H36N4O3S. The average molecular weight is 473 g/mol. The van der Waals surface area contributed by atoms with E-state index in [1.54, 1.807) is 0 Å². The number of nitrogens with one attached hydrogen (secondary N) is 2. The van der Waals surface area contributed by atoms with Crippen molar-refractivity contribution in [3.8, 4) is 5.75 Å². The average Bonchev–Trinajstić information content (AvgIpc) is 3.36. The molecule has 7 nitrogen and oxygen atoms in total. The van der Waals surface area contributed by atoms with Crippen LogP contribution in [0.3, 0.4) is 0 Å². The third-order valence-corrected chi connectivity index (χ3v) is 6.98. The lowest BCUT2D eigenvalue weighted by Crippen LogP contribution is -2.46. The molecule has 1 saturated carbocycles. The van der Waals surface area contributed by atoms with Gasteiger partial charge in [-0.25, -0.2) is 0 Å². The van der Waals surface area contributed by atoms with Gasteiger partial charge in [-0.3, -0.25) is 9.69 Å². The molecule has 33 heavy (non-hydrogen) atoms. The Bertz CT molecular complexity index is 983. The lowest BCUT2D eigenvalue weighted by Gasteiger charge is -2.32. The van der Waals surface area contributed by atoms with Gasteiger partial charge in [-0.05, 0) is 69.2 Å². The van der Waals surface area contributed by atoms with Gasteiger partial charge < -0.3 is 24.7 Å². The lowest BCUT2D eigenvalue weighted by atomic mass is 10.1. The molecule has 4 rings (SSSR count). The molecule has 0 unspecified atom stereocenters. The number of H-pyrrole nitrogens is 1. The first-order chi connectivity index (χ1) is 16.1. The molecule has 2 N–H and O–H groups in total. The zero-order valence-electron chi connectivity index (χ0n) is 19.6. The Balaban J connectivity index is 1.43. The Morgan fingerprint density at radius 2 is 2.06 bits per heavy atom. The molecule has 2 heterocycles. The first-order valence-corrected chi connectivity index (χ1v) is 12.7. The van der Waals surface area contributed by atoms with E-state index in [0.29, 0.717) is 19.2 Å². The molecule has 1 aromatic carbocycles. The van der Waals surface area contributed by atoms with E-state index in [4.69, 9.17) is 21.7 Å². The number of thiocarbonyl (C=S) groups is 1. The Labute approximate surface area is 201 Å². The Kier molecular flexibility index (Phi) is 8.58. The molecule has 0 spiro atoms. The molecule has 1 saturated heterocycles. The van der Waals surface area contributed by atoms with Crippen LogP contribution in [0.25, 0.3) is 10.9 Å². The van der Waals surface area contributed by atoms with E-state index >= 15 is 0 Å². The van der Waals surface area contributed by atoms with Gasteiger partial charge in [0.2, 0.25) is 0 Å². The standard InChI is InChI=1S/C25H36N4O3S/c1-2-32-22-8-9-23-19(17-22)16-20(24(30)27-23)18-29(21-6-3-4-7-21)25(33)26-10-5-11-28-12-14-31-15-13-28/h8-9,16-17,21H,2-7,10-15,18H2,1H3,(H,26,33)(H,27,30). The maximum atomic E-state index is 12.9. The topological polar surface area (TPSA) is 69.8 Å². The molecule has 2 aliphatic rings. The minimum atomic E-state index is -0.0511. The number of benzene rings is 1. The van der Waals surface area contributed by atoms with Crippen LogP contribution < -0.4 is 15.6 Å². The fourth-order valence-electron chi connectivity index (χ4n) is 4.79. The monoisotopic (exact) mass is 472 g/mol. The van der Waals surface area contributed by atoms with E-state index in [9.17, 15) is 4.79 Å². The van der Waals surface area contributed by atoms with Crippen molar-refractivity contribution in [2.24, 2.45) is 0 Å². The SMILES string of the molecule is CCOc1ccc2[nH]c(=O)c(CN(C(=S)NCCCN3CCOCC3)C3CCCC3)cc2c1. The van der Waals surface area contributed by atoms with E-state index in [0.717, 1.165) is 86.0 Å². The second-order valence-electron chi connectivity index (χ2n) is 8.91. The fourth-order valence-corrected chi connectivity index (χ4v) is 5.11. The number of ether oxygens (including phenoxy) is 2. The van der Waals surface area contributed by atoms with Crippen molar-refractivity contribution in [1.82, 2.24) is 20.1 Å². The van der Waals surface area contributed by atoms with Gasteiger partial charge >= 0.3 is 0 Å². The summed E-state index contributed by atoms with van der Waals surface area (Å²) in [5.41, 5.74) is 1.51. The number of fused-ring (bicyclic) bond motifs is 1. The van der Waals surface area contributed by atoms with Crippen LogP contribution in [-0.4, -0.2) is 71.9 Å². The summed E-state index contributed by atoms with van der Waals surface area (Å²) in [6, 6.07) is 8.15. The van der Waals surface area contributed by atoms with Crippen LogP contribution in [-0.2, 0) is 11.3 Å². The van der Waals surface area contributed by atoms with E-state index in [-0.39, 0.29) is 5.56 Å². The van der Waals surface area contributed by atoms with Gasteiger partial charge in [0, 0.05) is 42.1 Å². The minimum Gasteiger partial charge on any atom is -0.494 e. The van der Waals surface area contributed by atoms with Gasteiger partial charge in [-0.1, -0.05) is 12.8 Å². The van der Waals surface area contributed by atoms with Crippen molar-refractivity contribution in [2.45, 2.75) is 51.6 Å². The predicted octanol–water partition coefficient (Wildman–Crippen LogP) is 3.27. The van der Waals surface area contributed by atoms with Crippen molar-refractivity contribution in [3.05, 3.63) is 40.2 Å². The molecule has 0 atom stereocenters. The van der Waals surface area contributed by atoms with Gasteiger partial charge in [0.1, 0.15) is 5.75 Å². The van der Waals surface area contributed by atoms with Crippen molar-refractivity contribution >= 4 is 28.2 Å². The molecule has 2 aromatic rings. The molecule has 1 aliphatic carbocycles. The van der Waals surface area contributed by atoms with Crippen LogP contribution in [0.4, 0.5) is 0 Å². The lowest BCUT2D eigenvalue weighted by molar-refractivity contribution is 0.0375. The van der Waals surface area contributed by atoms with E-state index in [1.807, 2.05) is 31.2 Å². The number of aromatic nitrogens is 1. The Morgan fingerprint density at radius 3 is 2.82 bits per heavy atom. The zero-order chi connectivity index (χ0) is 23.0. The molecule has 180 valence electrons. The van der Waals surface area contributed by atoms with Crippen molar-refractivity contribution in [2.75, 3.05) is 46.0 Å². The van der Waals surface area contributed by atoms with Gasteiger partial charge in [0.15, 0.2) is 5.11 Å². The highest BCUT2D eigenvalue weighted by Gasteiger charge is 2.25. The number of pyridine rings is 1. The molecule has 0 amide bonds. The first kappa shape index (κ1) is 24.0. The summed E-state index contributed by atoms with van der Waals surface area (Å²) >= 11 is 5.82. The van der Waals surface area contributed by atoms with Crippen LogP contribution >= 0.6 is 12.2 Å². The minimum absolute atomic E-state index is 0.0511. The summed E-state index contributed by atoms with van der Waals surface area (Å²) in [4.78, 5) is 20.6. The number of rotatable bonds is 9. The van der Waals surface area contributed by atoms with Crippen LogP contribution in [0.5, 0.6) is 5.75 Å². The largest absolute Gasteiger partial charge is 0.494 e. The van der Waals surface area contributed by atoms with E-state index < -0.39 is 0 Å². The summed E-state index contributed by atoms with van der Waals surface area (Å²) in [6.07, 6.45) is 5.71. The molecule has 1 aromatic heterocycles. The molecule has 2 fully saturated rings. The number of hydrogen-bond donors (Lipinski definition) is 2. The molecular weight excluding hydrogens is 436 g/mol. The third-order valence-electron chi connectivity index (χ3n) is 6.60. The van der Waals surface area contributed by atoms with Gasteiger partial charge in [0.25, 0.3) is 5.56 Å². The van der Waals surface area contributed by atoms with Crippen LogP contribution in [0, 0.1) is 0 Å². The summed E-state index contributed by atoms with van der Waals surface area (Å²) < 4.78 is 11.1. The molecule has 8 heteroatoms. The van der Waals surface area contributed by atoms with Gasteiger partial charge in [0.05, 0.1) is 26.4 Å². The molecule has 1 aliphatic heterocycles. The van der Waals surface area contributed by atoms with Crippen molar-refractivity contribution in [3.63, 3.8) is 0 Å². The Hall–Kier alpha value is -2.16. The third kappa shape index (κ3) is 6.46. The van der Waals surface area contributed by atoms with Crippen LogP contribution in [0.2, 0.25) is 0 Å². The van der Waals surface area contributed by atoms with Crippen LogP contribution in [0.15, 0.2) is 29.1 Å². The van der Waals surface area contributed by atoms with Gasteiger partial charge in [-0.2, -0.15) is 0 Å². The van der Waals surface area contributed by atoms with Gasteiger partial charge in [-0.15, -0.1) is 0 Å². The highest BCUT2D eigenvalue weighted by molar-refractivity contribution is 7.80. The summed E-state index contributed by atoms with van der Waals surface area (Å²) in [6.45, 7) is 8.66. The van der Waals surface area contributed by atoms with Crippen LogP contribution in [0.1, 0.15) is 44.6 Å². The summed E-state index contributed by atoms with van der Waals surface area (Å²) in [5, 5.41) is 5.20. The summed E-state index contributed by atoms with van der Waals surface area (Å²) in [7, 11) is 0. The fraction of sp³-hybridized carbons (Fsp3) is 0.600. The number of hydrogen-bond acceptors (Lipinski definition) is 5. The zero-order valence-corrected chi connectivity index (χ0v) is 20.4. The molecule has 0 bridgehead atoms. The van der Waals surface area contributed by atoms with Crippen molar-refractivity contribution < 1.29 is 9.47 Å². The maximum Gasteiger partial charge on any atom is 0.253 e. The maximum absolute atomic E-state index is 12.9. The molecule has 0 radical (unpaired) electrons. The van der Waals surface area contributed by atoms with Crippen molar-refractivity contribution in [1.29, 1.82) is 0 Å². The number of morpholine rings is 1. The second kappa shape index (κ2) is 11.8. The van der Waals surface area contributed by atoms with E-state index in [2.05, 4.69) is 20.1 Å². The highest BCUT2D eigenvalue weighted by atomic mass is 32.1. The highest BCUT2D eigenvalue weighted by Crippen LogP contribution is 2.26. The first-order valence-electron chi connectivity index (χ1n) is 12.3. The second-order valence-corrected chi connectivity index (χ2v) is 9.30. The predicted molar refractivity (Wildman–Crippen MR) is 136 cm³/mol. The Morgan fingerprint density at radius 1 is 1.27 bits per heavy atom. The quantitative estimate of drug-likeness (QED) is 0.429. The normalized spacial score (nSPS) is 17.4. The number of aromatic amines is 1. The number of nitrogens with zero attached hydrogens (tertiary/aromatic N) is 2. The smallest absolute Gasteiger partial charge is 0.253 e.